The molecule has 0 unspecified atom stereocenters. The van der Waals surface area contributed by atoms with Crippen LogP contribution in [0.15, 0.2) is 48.5 Å². The van der Waals surface area contributed by atoms with Crippen LogP contribution in [0.5, 0.6) is 11.5 Å². The molecule has 0 aromatic heterocycles. The molecule has 2 aliphatic rings. The van der Waals surface area contributed by atoms with Gasteiger partial charge in [-0.15, -0.1) is 0 Å². The fraction of sp³-hybridized carbons (Fsp3) is 0.381. The van der Waals surface area contributed by atoms with Gasteiger partial charge in [-0.25, -0.2) is 0 Å². The molecule has 1 atom stereocenters. The summed E-state index contributed by atoms with van der Waals surface area (Å²) in [4.78, 5) is 14.4. The minimum atomic E-state index is -0.0212. The predicted molar refractivity (Wildman–Crippen MR) is 99.4 cm³/mol. The number of hydrogen-bond acceptors (Lipinski definition) is 4. The summed E-state index contributed by atoms with van der Waals surface area (Å²) < 4.78 is 11.6. The molecule has 2 aromatic rings. The summed E-state index contributed by atoms with van der Waals surface area (Å²) in [5, 5.41) is 3.01. The molecule has 5 heteroatoms. The van der Waals surface area contributed by atoms with Crippen molar-refractivity contribution in [3.63, 3.8) is 0 Å². The molecule has 0 saturated carbocycles. The van der Waals surface area contributed by atoms with E-state index in [0.717, 1.165) is 37.4 Å². The highest BCUT2D eigenvalue weighted by molar-refractivity contribution is 5.78. The molecule has 4 rings (SSSR count). The summed E-state index contributed by atoms with van der Waals surface area (Å²) >= 11 is 0. The van der Waals surface area contributed by atoms with Crippen molar-refractivity contribution in [2.75, 3.05) is 26.2 Å². The first-order chi connectivity index (χ1) is 12.8. The number of para-hydroxylation sites is 2. The van der Waals surface area contributed by atoms with Gasteiger partial charge in [0.25, 0.3) is 0 Å². The number of nitrogens with zero attached hydrogens (tertiary/aromatic N) is 1. The summed E-state index contributed by atoms with van der Waals surface area (Å²) in [7, 11) is 0. The number of carbonyl (C=O) groups is 1. The van der Waals surface area contributed by atoms with Crippen molar-refractivity contribution in [3.05, 3.63) is 59.7 Å². The molecule has 0 spiro atoms. The van der Waals surface area contributed by atoms with Gasteiger partial charge in [-0.1, -0.05) is 36.4 Å². The van der Waals surface area contributed by atoms with Crippen LogP contribution in [-0.4, -0.2) is 43.2 Å². The molecule has 0 saturated heterocycles. The fourth-order valence-electron chi connectivity index (χ4n) is 3.53. The zero-order valence-electron chi connectivity index (χ0n) is 14.8. The van der Waals surface area contributed by atoms with Crippen LogP contribution in [0.2, 0.25) is 0 Å². The van der Waals surface area contributed by atoms with Crippen molar-refractivity contribution in [3.8, 4) is 11.5 Å². The first kappa shape index (κ1) is 16.9. The molecule has 0 fully saturated rings. The molecule has 2 aromatic carbocycles. The summed E-state index contributed by atoms with van der Waals surface area (Å²) in [6, 6.07) is 16.2. The predicted octanol–water partition coefficient (Wildman–Crippen LogP) is 2.39. The van der Waals surface area contributed by atoms with Crippen LogP contribution >= 0.6 is 0 Å². The Morgan fingerprint density at radius 3 is 2.73 bits per heavy atom. The smallest absolute Gasteiger partial charge is 0.234 e. The minimum Gasteiger partial charge on any atom is -0.486 e. The molecule has 136 valence electrons. The van der Waals surface area contributed by atoms with Gasteiger partial charge in [0.05, 0.1) is 6.54 Å². The average molecular weight is 352 g/mol. The van der Waals surface area contributed by atoms with Gasteiger partial charge < -0.3 is 14.8 Å². The molecule has 1 amide bonds. The first-order valence-corrected chi connectivity index (χ1v) is 9.22. The number of nitrogens with one attached hydrogen (secondary N) is 1. The van der Waals surface area contributed by atoms with Gasteiger partial charge in [0.1, 0.15) is 12.7 Å². The maximum absolute atomic E-state index is 12.2. The number of hydrogen-bond donors (Lipinski definition) is 1. The standard InChI is InChI=1S/C21H24N2O3/c24-21(14-23-12-10-16-5-1-2-6-17(16)13-23)22-11-9-18-15-25-19-7-3-4-8-20(19)26-18/h1-8,18H,9-15H2,(H,22,24)/t18-/m1/s1. The van der Waals surface area contributed by atoms with Crippen LogP contribution in [0.3, 0.4) is 0 Å². The van der Waals surface area contributed by atoms with Crippen LogP contribution in [-0.2, 0) is 17.8 Å². The van der Waals surface area contributed by atoms with E-state index in [9.17, 15) is 4.79 Å². The Morgan fingerprint density at radius 2 is 1.85 bits per heavy atom. The molecule has 26 heavy (non-hydrogen) atoms. The monoisotopic (exact) mass is 352 g/mol. The van der Waals surface area contributed by atoms with E-state index < -0.39 is 0 Å². The lowest BCUT2D eigenvalue weighted by Gasteiger charge is -2.28. The Kier molecular flexibility index (Phi) is 5.07. The third-order valence-corrected chi connectivity index (χ3v) is 4.93. The lowest BCUT2D eigenvalue weighted by atomic mass is 10.00. The highest BCUT2D eigenvalue weighted by Crippen LogP contribution is 2.31. The van der Waals surface area contributed by atoms with Gasteiger partial charge >= 0.3 is 0 Å². The summed E-state index contributed by atoms with van der Waals surface area (Å²) in [6.07, 6.45) is 1.73. The second-order valence-corrected chi connectivity index (χ2v) is 6.87. The Balaban J connectivity index is 1.20. The molecule has 0 aliphatic carbocycles. The number of fused-ring (bicyclic) bond motifs is 2. The summed E-state index contributed by atoms with van der Waals surface area (Å²) in [5.41, 5.74) is 2.73. The Morgan fingerprint density at radius 1 is 1.08 bits per heavy atom. The van der Waals surface area contributed by atoms with Crippen molar-refractivity contribution in [2.24, 2.45) is 0 Å². The zero-order chi connectivity index (χ0) is 17.8. The Hall–Kier alpha value is -2.53. The first-order valence-electron chi connectivity index (χ1n) is 9.22. The topological polar surface area (TPSA) is 50.8 Å². The number of rotatable bonds is 5. The normalized spacial score (nSPS) is 18.8. The van der Waals surface area contributed by atoms with E-state index in [1.807, 2.05) is 24.3 Å². The Labute approximate surface area is 153 Å². The molecule has 1 N–H and O–H groups in total. The highest BCUT2D eigenvalue weighted by Gasteiger charge is 2.21. The van der Waals surface area contributed by atoms with E-state index in [2.05, 4.69) is 34.5 Å². The largest absolute Gasteiger partial charge is 0.486 e. The average Bonchev–Trinajstić information content (AvgIpc) is 2.68. The van der Waals surface area contributed by atoms with E-state index in [1.165, 1.54) is 11.1 Å². The fourth-order valence-corrected chi connectivity index (χ4v) is 3.53. The lowest BCUT2D eigenvalue weighted by molar-refractivity contribution is -0.122. The third kappa shape index (κ3) is 3.99. The van der Waals surface area contributed by atoms with Gasteiger partial charge in [0, 0.05) is 26.1 Å². The van der Waals surface area contributed by atoms with Gasteiger partial charge in [-0.05, 0) is 29.7 Å². The van der Waals surface area contributed by atoms with Crippen LogP contribution in [0, 0.1) is 0 Å². The van der Waals surface area contributed by atoms with E-state index in [4.69, 9.17) is 9.47 Å². The summed E-state index contributed by atoms with van der Waals surface area (Å²) in [5.74, 6) is 1.64. The Bertz CT molecular complexity index is 777. The molecular weight excluding hydrogens is 328 g/mol. The quantitative estimate of drug-likeness (QED) is 0.898. The maximum atomic E-state index is 12.2. The highest BCUT2D eigenvalue weighted by atomic mass is 16.6. The van der Waals surface area contributed by atoms with Crippen LogP contribution < -0.4 is 14.8 Å². The van der Waals surface area contributed by atoms with Crippen LogP contribution in [0.1, 0.15) is 17.5 Å². The second-order valence-electron chi connectivity index (χ2n) is 6.87. The lowest BCUT2D eigenvalue weighted by Crippen LogP contribution is -2.41. The number of ether oxygens (including phenoxy) is 2. The molecule has 2 heterocycles. The van der Waals surface area contributed by atoms with Gasteiger partial charge in [-0.2, -0.15) is 0 Å². The summed E-state index contributed by atoms with van der Waals surface area (Å²) in [6.45, 7) is 3.34. The number of carbonyl (C=O) groups excluding carboxylic acids is 1. The van der Waals surface area contributed by atoms with E-state index in [-0.39, 0.29) is 12.0 Å². The van der Waals surface area contributed by atoms with E-state index in [0.29, 0.717) is 19.7 Å². The maximum Gasteiger partial charge on any atom is 0.234 e. The molecule has 0 bridgehead atoms. The van der Waals surface area contributed by atoms with Crippen LogP contribution in [0.25, 0.3) is 0 Å². The van der Waals surface area contributed by atoms with Gasteiger partial charge in [0.2, 0.25) is 5.91 Å². The van der Waals surface area contributed by atoms with Crippen molar-refractivity contribution in [1.29, 1.82) is 0 Å². The van der Waals surface area contributed by atoms with E-state index in [1.54, 1.807) is 0 Å². The number of amides is 1. The van der Waals surface area contributed by atoms with E-state index >= 15 is 0 Å². The van der Waals surface area contributed by atoms with Crippen molar-refractivity contribution in [2.45, 2.75) is 25.5 Å². The third-order valence-electron chi connectivity index (χ3n) is 4.93. The van der Waals surface area contributed by atoms with Gasteiger partial charge in [-0.3, -0.25) is 9.69 Å². The van der Waals surface area contributed by atoms with Crippen molar-refractivity contribution >= 4 is 5.91 Å². The number of benzene rings is 2. The van der Waals surface area contributed by atoms with Gasteiger partial charge in [0.15, 0.2) is 11.5 Å². The SMILES string of the molecule is O=C(CN1CCc2ccccc2C1)NCC[C@@H]1COc2ccccc2O1. The molecule has 5 nitrogen and oxygen atoms in total. The van der Waals surface area contributed by atoms with Crippen molar-refractivity contribution < 1.29 is 14.3 Å². The van der Waals surface area contributed by atoms with Crippen LogP contribution in [0.4, 0.5) is 0 Å². The molecular formula is C21H24N2O3. The molecule has 2 aliphatic heterocycles. The minimum absolute atomic E-state index is 0.0212. The van der Waals surface area contributed by atoms with Crippen molar-refractivity contribution in [1.82, 2.24) is 10.2 Å². The zero-order valence-corrected chi connectivity index (χ0v) is 14.8. The molecule has 0 radical (unpaired) electrons. The second kappa shape index (κ2) is 7.79.